The minimum absolute atomic E-state index is 0.0754. The number of alkyl carbamates (subject to hydrolysis) is 1. The quantitative estimate of drug-likeness (QED) is 0.644. The Bertz CT molecular complexity index is 844. The zero-order valence-electron chi connectivity index (χ0n) is 18.8. The maximum Gasteiger partial charge on any atom is 0.492 e. The zero-order chi connectivity index (χ0) is 23.8. The molecule has 0 aliphatic carbocycles. The Hall–Kier alpha value is -2.20. The van der Waals surface area contributed by atoms with Crippen LogP contribution < -0.4 is 5.32 Å². The fourth-order valence-electron chi connectivity index (χ4n) is 2.77. The molecule has 2 rings (SSSR count). The first kappa shape index (κ1) is 25.1. The van der Waals surface area contributed by atoms with Gasteiger partial charge >= 0.3 is 19.4 Å². The van der Waals surface area contributed by atoms with E-state index in [2.05, 4.69) is 5.32 Å². The van der Waals surface area contributed by atoms with Gasteiger partial charge in [0.1, 0.15) is 11.4 Å². The molecule has 0 aromatic heterocycles. The number of nitrogens with one attached hydrogen (secondary N) is 1. The van der Waals surface area contributed by atoms with Gasteiger partial charge in [0.25, 0.3) is 0 Å². The Morgan fingerprint density at radius 1 is 1.16 bits per heavy atom. The van der Waals surface area contributed by atoms with E-state index in [0.29, 0.717) is 5.47 Å². The molecule has 2 N–H and O–H groups in total. The fraction of sp³-hybridized carbons (Fsp3) is 0.571. The SMILES string of the molecule is CC(C)(C)OC(=O)NCC(=Cc1ccc(O)c(C(F)(F)F)c1)B1OC(C)(C)C(C)(C)O1. The second kappa shape index (κ2) is 8.39. The molecule has 172 valence electrons. The van der Waals surface area contributed by atoms with Crippen molar-refractivity contribution in [3.8, 4) is 5.75 Å². The first-order valence-electron chi connectivity index (χ1n) is 9.84. The standard InChI is InChI=1S/C21H29BF3NO5/c1-18(2,3)29-17(28)26-12-14(22-30-19(4,5)20(6,7)31-22)10-13-8-9-16(27)15(11-13)21(23,24)25/h8-11,27H,12H2,1-7H3,(H,26,28). The lowest BCUT2D eigenvalue weighted by Gasteiger charge is -2.32. The van der Waals surface area contributed by atoms with E-state index in [1.54, 1.807) is 20.8 Å². The lowest BCUT2D eigenvalue weighted by atomic mass is 9.77. The van der Waals surface area contributed by atoms with Gasteiger partial charge in [-0.1, -0.05) is 12.1 Å². The van der Waals surface area contributed by atoms with E-state index in [4.69, 9.17) is 14.0 Å². The van der Waals surface area contributed by atoms with Crippen LogP contribution in [-0.4, -0.2) is 41.7 Å². The van der Waals surface area contributed by atoms with E-state index in [9.17, 15) is 23.1 Å². The van der Waals surface area contributed by atoms with Crippen molar-refractivity contribution in [3.05, 3.63) is 34.8 Å². The van der Waals surface area contributed by atoms with E-state index in [1.165, 1.54) is 12.1 Å². The van der Waals surface area contributed by atoms with Crippen LogP contribution >= 0.6 is 0 Å². The summed E-state index contributed by atoms with van der Waals surface area (Å²) in [6, 6.07) is 3.13. The van der Waals surface area contributed by atoms with Crippen LogP contribution in [0.25, 0.3) is 6.08 Å². The number of hydrogen-bond donors (Lipinski definition) is 2. The summed E-state index contributed by atoms with van der Waals surface area (Å²) >= 11 is 0. The smallest absolute Gasteiger partial charge is 0.492 e. The number of benzene rings is 1. The molecule has 0 unspecified atom stereocenters. The molecular formula is C21H29BF3NO5. The largest absolute Gasteiger partial charge is 0.507 e. The lowest BCUT2D eigenvalue weighted by molar-refractivity contribution is -0.138. The number of carbonyl (C=O) groups is 1. The molecule has 6 nitrogen and oxygen atoms in total. The Morgan fingerprint density at radius 2 is 1.71 bits per heavy atom. The monoisotopic (exact) mass is 443 g/mol. The van der Waals surface area contributed by atoms with Crippen LogP contribution in [0.3, 0.4) is 0 Å². The number of halogens is 3. The summed E-state index contributed by atoms with van der Waals surface area (Å²) in [5, 5.41) is 12.2. The van der Waals surface area contributed by atoms with Crippen molar-refractivity contribution in [2.45, 2.75) is 71.4 Å². The van der Waals surface area contributed by atoms with Crippen LogP contribution in [0, 0.1) is 0 Å². The summed E-state index contributed by atoms with van der Waals surface area (Å²) in [7, 11) is -0.900. The summed E-state index contributed by atoms with van der Waals surface area (Å²) in [5.41, 5.74) is -2.68. The Kier molecular flexibility index (Phi) is 6.78. The molecule has 1 heterocycles. The summed E-state index contributed by atoms with van der Waals surface area (Å²) in [6.45, 7) is 12.4. The lowest BCUT2D eigenvalue weighted by Crippen LogP contribution is -2.41. The second-order valence-electron chi connectivity index (χ2n) is 9.44. The first-order valence-corrected chi connectivity index (χ1v) is 9.84. The number of aromatic hydroxyl groups is 1. The third kappa shape index (κ3) is 6.40. The highest BCUT2D eigenvalue weighted by Crippen LogP contribution is 2.40. The number of rotatable bonds is 4. The molecule has 10 heteroatoms. The van der Waals surface area contributed by atoms with Crippen LogP contribution in [0.5, 0.6) is 5.75 Å². The summed E-state index contributed by atoms with van der Waals surface area (Å²) < 4.78 is 56.8. The highest BCUT2D eigenvalue weighted by molar-refractivity contribution is 6.56. The molecule has 0 radical (unpaired) electrons. The Labute approximate surface area is 180 Å². The highest BCUT2D eigenvalue weighted by Gasteiger charge is 2.52. The molecule has 0 atom stereocenters. The van der Waals surface area contributed by atoms with E-state index in [0.717, 1.165) is 12.1 Å². The minimum atomic E-state index is -4.72. The van der Waals surface area contributed by atoms with Crippen LogP contribution in [0.2, 0.25) is 0 Å². The van der Waals surface area contributed by atoms with Crippen LogP contribution in [-0.2, 0) is 20.2 Å². The maximum atomic E-state index is 13.2. The van der Waals surface area contributed by atoms with E-state index < -0.39 is 47.5 Å². The number of amides is 1. The normalized spacial score (nSPS) is 18.8. The minimum Gasteiger partial charge on any atom is -0.507 e. The molecular weight excluding hydrogens is 414 g/mol. The van der Waals surface area contributed by atoms with Gasteiger partial charge in [0.05, 0.1) is 16.8 Å². The molecule has 0 spiro atoms. The van der Waals surface area contributed by atoms with Crippen molar-refractivity contribution in [2.24, 2.45) is 0 Å². The van der Waals surface area contributed by atoms with Crippen molar-refractivity contribution in [2.75, 3.05) is 6.54 Å². The predicted octanol–water partition coefficient (Wildman–Crippen LogP) is 4.95. The molecule has 0 saturated carbocycles. The van der Waals surface area contributed by atoms with E-state index >= 15 is 0 Å². The average Bonchev–Trinajstić information content (AvgIpc) is 2.78. The number of phenols is 1. The van der Waals surface area contributed by atoms with Gasteiger partial charge in [-0.15, -0.1) is 0 Å². The van der Waals surface area contributed by atoms with Crippen LogP contribution in [0.4, 0.5) is 18.0 Å². The summed E-state index contributed by atoms with van der Waals surface area (Å²) in [4.78, 5) is 12.1. The average molecular weight is 443 g/mol. The third-order valence-corrected chi connectivity index (χ3v) is 5.07. The van der Waals surface area contributed by atoms with Crippen LogP contribution in [0.15, 0.2) is 23.7 Å². The van der Waals surface area contributed by atoms with Gasteiger partial charge in [-0.3, -0.25) is 0 Å². The van der Waals surface area contributed by atoms with Crippen LogP contribution in [0.1, 0.15) is 59.6 Å². The predicted molar refractivity (Wildman–Crippen MR) is 111 cm³/mol. The maximum absolute atomic E-state index is 13.2. The molecule has 31 heavy (non-hydrogen) atoms. The third-order valence-electron chi connectivity index (χ3n) is 5.07. The van der Waals surface area contributed by atoms with Gasteiger partial charge < -0.3 is 24.5 Å². The van der Waals surface area contributed by atoms with E-state index in [-0.39, 0.29) is 12.1 Å². The second-order valence-corrected chi connectivity index (χ2v) is 9.44. The highest BCUT2D eigenvalue weighted by atomic mass is 19.4. The first-order chi connectivity index (χ1) is 13.9. The van der Waals surface area contributed by atoms with Gasteiger partial charge in [-0.05, 0) is 71.6 Å². The Morgan fingerprint density at radius 3 is 2.19 bits per heavy atom. The topological polar surface area (TPSA) is 77.0 Å². The molecule has 1 aromatic carbocycles. The van der Waals surface area contributed by atoms with Gasteiger partial charge in [-0.2, -0.15) is 13.2 Å². The molecule has 1 amide bonds. The molecule has 0 bridgehead atoms. The molecule has 1 aromatic rings. The van der Waals surface area contributed by atoms with E-state index in [1.807, 2.05) is 27.7 Å². The molecule has 1 saturated heterocycles. The van der Waals surface area contributed by atoms with Gasteiger partial charge in [0.15, 0.2) is 0 Å². The number of hydrogen-bond acceptors (Lipinski definition) is 5. The number of carbonyl (C=O) groups excluding carboxylic acids is 1. The zero-order valence-corrected chi connectivity index (χ0v) is 18.8. The Balaban J connectivity index is 2.37. The van der Waals surface area contributed by atoms with Crippen molar-refractivity contribution in [1.82, 2.24) is 5.32 Å². The van der Waals surface area contributed by atoms with Crippen molar-refractivity contribution < 1.29 is 37.1 Å². The van der Waals surface area contributed by atoms with Gasteiger partial charge in [-0.25, -0.2) is 4.79 Å². The summed E-state index contributed by atoms with van der Waals surface area (Å²) in [5.74, 6) is -0.867. The van der Waals surface area contributed by atoms with Gasteiger partial charge in [0.2, 0.25) is 0 Å². The molecule has 1 aliphatic rings. The fourth-order valence-corrected chi connectivity index (χ4v) is 2.77. The molecule has 1 aliphatic heterocycles. The summed E-state index contributed by atoms with van der Waals surface area (Å²) in [6.07, 6.45) is -3.96. The number of ether oxygens (including phenoxy) is 1. The van der Waals surface area contributed by atoms with Gasteiger partial charge in [0, 0.05) is 6.54 Å². The van der Waals surface area contributed by atoms with Crippen molar-refractivity contribution in [1.29, 1.82) is 0 Å². The van der Waals surface area contributed by atoms with Crippen molar-refractivity contribution in [3.63, 3.8) is 0 Å². The van der Waals surface area contributed by atoms with Crippen molar-refractivity contribution >= 4 is 19.3 Å². The number of phenolic OH excluding ortho intramolecular Hbond substituents is 1. The molecule has 1 fully saturated rings. The number of alkyl halides is 3.